The Morgan fingerprint density at radius 2 is 1.96 bits per heavy atom. The number of halogens is 1. The first-order chi connectivity index (χ1) is 12.5. The van der Waals surface area contributed by atoms with Gasteiger partial charge in [-0.15, -0.1) is 10.2 Å². The summed E-state index contributed by atoms with van der Waals surface area (Å²) in [6.07, 6.45) is 0. The van der Waals surface area contributed by atoms with Crippen LogP contribution in [0.1, 0.15) is 11.1 Å². The summed E-state index contributed by atoms with van der Waals surface area (Å²) >= 11 is 7.39. The average molecular weight is 388 g/mol. The van der Waals surface area contributed by atoms with E-state index in [1.807, 2.05) is 50.2 Å². The zero-order valence-electron chi connectivity index (χ0n) is 14.4. The first kappa shape index (κ1) is 18.3. The first-order valence-corrected chi connectivity index (χ1v) is 9.27. The van der Waals surface area contributed by atoms with Crippen molar-refractivity contribution in [3.63, 3.8) is 0 Å². The normalized spacial score (nSPS) is 10.7. The van der Waals surface area contributed by atoms with E-state index in [4.69, 9.17) is 17.4 Å². The highest BCUT2D eigenvalue weighted by molar-refractivity contribution is 7.99. The van der Waals surface area contributed by atoms with Crippen molar-refractivity contribution < 1.29 is 4.79 Å². The molecule has 2 aromatic carbocycles. The Kier molecular flexibility index (Phi) is 5.49. The van der Waals surface area contributed by atoms with Gasteiger partial charge in [-0.05, 0) is 49.2 Å². The number of aromatic nitrogens is 3. The number of benzene rings is 2. The SMILES string of the molecule is Cc1ccc(NC(=O)CSc2nnc(-c3ccccc3Cl)n2N)cc1C. The summed E-state index contributed by atoms with van der Waals surface area (Å²) in [5, 5.41) is 12.0. The third kappa shape index (κ3) is 4.00. The van der Waals surface area contributed by atoms with Crippen LogP contribution in [0.3, 0.4) is 0 Å². The van der Waals surface area contributed by atoms with Crippen molar-refractivity contribution in [1.82, 2.24) is 14.9 Å². The predicted octanol–water partition coefficient (Wildman–Crippen LogP) is 3.66. The summed E-state index contributed by atoms with van der Waals surface area (Å²) in [5.74, 6) is 6.54. The molecule has 0 spiro atoms. The summed E-state index contributed by atoms with van der Waals surface area (Å²) in [4.78, 5) is 12.2. The molecule has 0 fully saturated rings. The summed E-state index contributed by atoms with van der Waals surface area (Å²) in [5.41, 5.74) is 3.77. The number of amides is 1. The minimum absolute atomic E-state index is 0.138. The van der Waals surface area contributed by atoms with Gasteiger partial charge < -0.3 is 11.2 Å². The Morgan fingerprint density at radius 1 is 1.19 bits per heavy atom. The highest BCUT2D eigenvalue weighted by Gasteiger charge is 2.15. The molecule has 0 bridgehead atoms. The fraction of sp³-hybridized carbons (Fsp3) is 0.167. The summed E-state index contributed by atoms with van der Waals surface area (Å²) < 4.78 is 1.34. The number of nitrogen functional groups attached to an aromatic ring is 1. The summed E-state index contributed by atoms with van der Waals surface area (Å²) in [6, 6.07) is 13.1. The molecule has 0 aliphatic carbocycles. The molecule has 3 N–H and O–H groups in total. The molecular weight excluding hydrogens is 370 g/mol. The van der Waals surface area contributed by atoms with Crippen LogP contribution >= 0.6 is 23.4 Å². The number of carbonyl (C=O) groups is 1. The van der Waals surface area contributed by atoms with Crippen LogP contribution in [-0.4, -0.2) is 26.5 Å². The number of hydrogen-bond donors (Lipinski definition) is 2. The van der Waals surface area contributed by atoms with E-state index in [0.717, 1.165) is 11.3 Å². The topological polar surface area (TPSA) is 85.8 Å². The van der Waals surface area contributed by atoms with Crippen molar-refractivity contribution in [2.24, 2.45) is 0 Å². The van der Waals surface area contributed by atoms with Crippen LogP contribution in [-0.2, 0) is 4.79 Å². The molecule has 6 nitrogen and oxygen atoms in total. The Hall–Kier alpha value is -2.51. The number of carbonyl (C=O) groups excluding carboxylic acids is 1. The molecule has 1 amide bonds. The van der Waals surface area contributed by atoms with E-state index >= 15 is 0 Å². The molecule has 134 valence electrons. The fourth-order valence-electron chi connectivity index (χ4n) is 2.35. The van der Waals surface area contributed by atoms with E-state index in [-0.39, 0.29) is 11.7 Å². The second kappa shape index (κ2) is 7.80. The lowest BCUT2D eigenvalue weighted by Crippen LogP contribution is -2.16. The van der Waals surface area contributed by atoms with Crippen molar-refractivity contribution in [3.05, 3.63) is 58.6 Å². The Morgan fingerprint density at radius 3 is 2.69 bits per heavy atom. The zero-order valence-corrected chi connectivity index (χ0v) is 15.9. The standard InChI is InChI=1S/C18H18ClN5OS/c1-11-7-8-13(9-12(11)2)21-16(25)10-26-18-23-22-17(24(18)20)14-5-3-4-6-15(14)19/h3-9H,10,20H2,1-2H3,(H,21,25). The van der Waals surface area contributed by atoms with Gasteiger partial charge >= 0.3 is 0 Å². The molecular formula is C18H18ClN5OS. The van der Waals surface area contributed by atoms with E-state index in [1.54, 1.807) is 6.07 Å². The van der Waals surface area contributed by atoms with E-state index in [9.17, 15) is 4.79 Å². The van der Waals surface area contributed by atoms with Crippen LogP contribution in [0.15, 0.2) is 47.6 Å². The Labute approximate surface area is 160 Å². The molecule has 26 heavy (non-hydrogen) atoms. The van der Waals surface area contributed by atoms with Crippen molar-refractivity contribution in [2.45, 2.75) is 19.0 Å². The van der Waals surface area contributed by atoms with Crippen LogP contribution in [0.25, 0.3) is 11.4 Å². The lowest BCUT2D eigenvalue weighted by Gasteiger charge is -2.08. The zero-order chi connectivity index (χ0) is 18.7. The quantitative estimate of drug-likeness (QED) is 0.515. The maximum atomic E-state index is 12.2. The largest absolute Gasteiger partial charge is 0.335 e. The average Bonchev–Trinajstić information content (AvgIpc) is 2.97. The number of nitrogens with zero attached hydrogens (tertiary/aromatic N) is 3. The fourth-order valence-corrected chi connectivity index (χ4v) is 3.22. The maximum Gasteiger partial charge on any atom is 0.234 e. The predicted molar refractivity (Wildman–Crippen MR) is 106 cm³/mol. The Balaban J connectivity index is 1.66. The smallest absolute Gasteiger partial charge is 0.234 e. The van der Waals surface area contributed by atoms with E-state index in [0.29, 0.717) is 21.6 Å². The lowest BCUT2D eigenvalue weighted by atomic mass is 10.1. The molecule has 0 radical (unpaired) electrons. The molecule has 1 aromatic heterocycles. The van der Waals surface area contributed by atoms with Gasteiger partial charge in [-0.3, -0.25) is 4.79 Å². The van der Waals surface area contributed by atoms with E-state index in [1.165, 1.54) is 22.0 Å². The number of anilines is 1. The summed E-state index contributed by atoms with van der Waals surface area (Å²) in [7, 11) is 0. The van der Waals surface area contributed by atoms with Crippen molar-refractivity contribution in [1.29, 1.82) is 0 Å². The molecule has 3 rings (SSSR count). The van der Waals surface area contributed by atoms with Crippen LogP contribution in [0.5, 0.6) is 0 Å². The second-order valence-electron chi connectivity index (χ2n) is 5.79. The van der Waals surface area contributed by atoms with E-state index < -0.39 is 0 Å². The van der Waals surface area contributed by atoms with Gasteiger partial charge in [0.2, 0.25) is 11.1 Å². The van der Waals surface area contributed by atoms with Crippen molar-refractivity contribution in [2.75, 3.05) is 16.9 Å². The lowest BCUT2D eigenvalue weighted by molar-refractivity contribution is -0.113. The van der Waals surface area contributed by atoms with Crippen LogP contribution < -0.4 is 11.2 Å². The molecule has 0 aliphatic heterocycles. The molecule has 3 aromatic rings. The number of nitrogens with one attached hydrogen (secondary N) is 1. The number of thioether (sulfide) groups is 1. The van der Waals surface area contributed by atoms with Gasteiger partial charge in [-0.1, -0.05) is 41.6 Å². The van der Waals surface area contributed by atoms with Gasteiger partial charge in [0.25, 0.3) is 0 Å². The van der Waals surface area contributed by atoms with Crippen molar-refractivity contribution in [3.8, 4) is 11.4 Å². The minimum atomic E-state index is -0.138. The van der Waals surface area contributed by atoms with Crippen LogP contribution in [0.4, 0.5) is 5.69 Å². The maximum absolute atomic E-state index is 12.2. The number of hydrogen-bond acceptors (Lipinski definition) is 5. The van der Waals surface area contributed by atoms with Crippen LogP contribution in [0.2, 0.25) is 5.02 Å². The molecule has 8 heteroatoms. The molecule has 1 heterocycles. The minimum Gasteiger partial charge on any atom is -0.335 e. The monoisotopic (exact) mass is 387 g/mol. The molecule has 0 atom stereocenters. The third-order valence-corrected chi connectivity index (χ3v) is 5.17. The van der Waals surface area contributed by atoms with Gasteiger partial charge in [-0.2, -0.15) is 0 Å². The first-order valence-electron chi connectivity index (χ1n) is 7.91. The van der Waals surface area contributed by atoms with Crippen molar-refractivity contribution >= 4 is 35.0 Å². The second-order valence-corrected chi connectivity index (χ2v) is 7.14. The van der Waals surface area contributed by atoms with Gasteiger partial charge in [0.05, 0.1) is 10.8 Å². The van der Waals surface area contributed by atoms with Gasteiger partial charge in [0.15, 0.2) is 5.82 Å². The van der Waals surface area contributed by atoms with Crippen LogP contribution in [0, 0.1) is 13.8 Å². The number of rotatable bonds is 5. The summed E-state index contributed by atoms with van der Waals surface area (Å²) in [6.45, 7) is 4.04. The Bertz CT molecular complexity index is 957. The molecule has 0 saturated heterocycles. The highest BCUT2D eigenvalue weighted by Crippen LogP contribution is 2.27. The number of aryl methyl sites for hydroxylation is 2. The molecule has 0 unspecified atom stereocenters. The molecule has 0 aliphatic rings. The molecule has 0 saturated carbocycles. The van der Waals surface area contributed by atoms with Gasteiger partial charge in [0, 0.05) is 11.3 Å². The number of nitrogens with two attached hydrogens (primary N) is 1. The van der Waals surface area contributed by atoms with Gasteiger partial charge in [-0.25, -0.2) is 4.68 Å². The highest BCUT2D eigenvalue weighted by atomic mass is 35.5. The third-order valence-electron chi connectivity index (χ3n) is 3.90. The van der Waals surface area contributed by atoms with E-state index in [2.05, 4.69) is 15.5 Å². The van der Waals surface area contributed by atoms with Gasteiger partial charge in [0.1, 0.15) is 0 Å².